The number of rotatable bonds is 9. The Kier molecular flexibility index (Phi) is 6.87. The van der Waals surface area contributed by atoms with Gasteiger partial charge in [0.25, 0.3) is 5.56 Å². The Bertz CT molecular complexity index is 1100. The number of nitrogens with zero attached hydrogens (tertiary/aromatic N) is 2. The van der Waals surface area contributed by atoms with Gasteiger partial charge in [-0.2, -0.15) is 0 Å². The highest BCUT2D eigenvalue weighted by Crippen LogP contribution is 2.15. The van der Waals surface area contributed by atoms with Gasteiger partial charge in [0.05, 0.1) is 5.52 Å². The monoisotopic (exact) mass is 414 g/mol. The van der Waals surface area contributed by atoms with E-state index in [9.17, 15) is 14.4 Å². The summed E-state index contributed by atoms with van der Waals surface area (Å²) in [5.74, 6) is -0.166. The Balaban J connectivity index is 1.47. The van der Waals surface area contributed by atoms with Crippen molar-refractivity contribution >= 4 is 33.1 Å². The molecule has 2 heterocycles. The molecule has 29 heavy (non-hydrogen) atoms. The van der Waals surface area contributed by atoms with Crippen LogP contribution in [0, 0.1) is 6.92 Å². The zero-order valence-electron chi connectivity index (χ0n) is 16.7. The topological polar surface area (TPSA) is 87.2 Å². The molecule has 0 aliphatic heterocycles. The lowest BCUT2D eigenvalue weighted by Crippen LogP contribution is -2.36. The lowest BCUT2D eigenvalue weighted by Gasteiger charge is -2.23. The van der Waals surface area contributed by atoms with Crippen LogP contribution in [0.2, 0.25) is 0 Å². The van der Waals surface area contributed by atoms with Crippen LogP contribution in [0.3, 0.4) is 0 Å². The van der Waals surface area contributed by atoms with Crippen LogP contribution in [0.15, 0.2) is 45.3 Å². The lowest BCUT2D eigenvalue weighted by molar-refractivity contribution is -0.121. The molecule has 0 aliphatic rings. The van der Waals surface area contributed by atoms with E-state index < -0.39 is 5.69 Å². The minimum absolute atomic E-state index is 0.0677. The number of anilines is 1. The molecule has 2 aromatic heterocycles. The molecule has 0 saturated heterocycles. The molecule has 0 saturated carbocycles. The summed E-state index contributed by atoms with van der Waals surface area (Å²) in [4.78, 5) is 41.5. The number of nitrogens with one attached hydrogen (secondary N) is 2. The van der Waals surface area contributed by atoms with Crippen LogP contribution in [-0.4, -0.2) is 35.1 Å². The summed E-state index contributed by atoms with van der Waals surface area (Å²) < 4.78 is 1.59. The maximum atomic E-state index is 12.4. The number of hydrogen-bond acceptors (Lipinski definition) is 5. The van der Waals surface area contributed by atoms with E-state index in [1.807, 2.05) is 6.07 Å². The Morgan fingerprint density at radius 3 is 2.86 bits per heavy atom. The first-order valence-electron chi connectivity index (χ1n) is 9.78. The number of fused-ring (bicyclic) bond motifs is 1. The van der Waals surface area contributed by atoms with Crippen LogP contribution in [0.1, 0.15) is 25.3 Å². The molecule has 0 fully saturated rings. The highest BCUT2D eigenvalue weighted by Gasteiger charge is 2.10. The number of benzene rings is 1. The van der Waals surface area contributed by atoms with Crippen molar-refractivity contribution in [3.05, 3.63) is 62.1 Å². The number of amides is 1. The predicted octanol–water partition coefficient (Wildman–Crippen LogP) is 2.48. The highest BCUT2D eigenvalue weighted by molar-refractivity contribution is 7.17. The van der Waals surface area contributed by atoms with E-state index in [1.54, 1.807) is 11.4 Å². The number of carbonyl (C=O) groups is 1. The van der Waals surface area contributed by atoms with Crippen molar-refractivity contribution in [1.82, 2.24) is 14.9 Å². The average Bonchev–Trinajstić information content (AvgIpc) is 3.16. The van der Waals surface area contributed by atoms with Gasteiger partial charge in [0, 0.05) is 38.3 Å². The first-order valence-corrected chi connectivity index (χ1v) is 10.7. The third kappa shape index (κ3) is 5.14. The zero-order chi connectivity index (χ0) is 20.8. The van der Waals surface area contributed by atoms with Gasteiger partial charge >= 0.3 is 5.69 Å². The molecule has 0 unspecified atom stereocenters. The van der Waals surface area contributed by atoms with Gasteiger partial charge in [-0.25, -0.2) is 4.79 Å². The summed E-state index contributed by atoms with van der Waals surface area (Å²) in [5.41, 5.74) is 2.12. The van der Waals surface area contributed by atoms with Gasteiger partial charge in [0.1, 0.15) is 4.70 Å². The van der Waals surface area contributed by atoms with Gasteiger partial charge in [-0.1, -0.05) is 12.1 Å². The summed E-state index contributed by atoms with van der Waals surface area (Å²) in [7, 11) is 0. The quantitative estimate of drug-likeness (QED) is 0.527. The van der Waals surface area contributed by atoms with Crippen molar-refractivity contribution in [3.63, 3.8) is 0 Å². The van der Waals surface area contributed by atoms with Crippen LogP contribution < -0.4 is 21.5 Å². The van der Waals surface area contributed by atoms with Gasteiger partial charge < -0.3 is 15.2 Å². The van der Waals surface area contributed by atoms with Crippen LogP contribution >= 0.6 is 11.3 Å². The molecule has 1 amide bonds. The number of thiophene rings is 1. The smallest absolute Gasteiger partial charge is 0.328 e. The van der Waals surface area contributed by atoms with E-state index in [0.29, 0.717) is 16.8 Å². The van der Waals surface area contributed by atoms with Crippen molar-refractivity contribution in [3.8, 4) is 0 Å². The maximum Gasteiger partial charge on any atom is 0.328 e. The van der Waals surface area contributed by atoms with E-state index in [-0.39, 0.29) is 24.4 Å². The Labute approximate surface area is 173 Å². The summed E-state index contributed by atoms with van der Waals surface area (Å²) in [6.07, 6.45) is 0.907. The third-order valence-electron chi connectivity index (χ3n) is 4.83. The van der Waals surface area contributed by atoms with Crippen molar-refractivity contribution < 1.29 is 4.79 Å². The van der Waals surface area contributed by atoms with E-state index in [4.69, 9.17) is 0 Å². The number of carbonyl (C=O) groups excluding carboxylic acids is 1. The predicted molar refractivity (Wildman–Crippen MR) is 118 cm³/mol. The second-order valence-corrected chi connectivity index (χ2v) is 7.84. The average molecular weight is 415 g/mol. The van der Waals surface area contributed by atoms with Crippen LogP contribution in [0.25, 0.3) is 10.2 Å². The second-order valence-electron chi connectivity index (χ2n) is 6.92. The van der Waals surface area contributed by atoms with Crippen molar-refractivity contribution in [2.45, 2.75) is 33.2 Å². The molecule has 2 N–H and O–H groups in total. The lowest BCUT2D eigenvalue weighted by atomic mass is 10.2. The molecule has 154 valence electrons. The second kappa shape index (κ2) is 9.56. The molecule has 8 heteroatoms. The number of aryl methyl sites for hydroxylation is 1. The van der Waals surface area contributed by atoms with Gasteiger partial charge in [0.2, 0.25) is 5.91 Å². The van der Waals surface area contributed by atoms with Crippen LogP contribution in [0.5, 0.6) is 0 Å². The Morgan fingerprint density at radius 1 is 1.28 bits per heavy atom. The first-order chi connectivity index (χ1) is 14.0. The SMILES string of the molecule is CCN(CCCNC(=O)CCn1c(=O)[nH]c2ccsc2c1=O)c1cccc(C)c1. The molecule has 7 nitrogen and oxygen atoms in total. The number of aromatic amines is 1. The van der Waals surface area contributed by atoms with Crippen LogP contribution in [-0.2, 0) is 11.3 Å². The zero-order valence-corrected chi connectivity index (χ0v) is 17.6. The fourth-order valence-corrected chi connectivity index (χ4v) is 4.07. The number of hydrogen-bond donors (Lipinski definition) is 2. The standard InChI is InChI=1S/C21H26N4O3S/c1-3-24(16-7-4-6-15(2)14-16)11-5-10-22-18(26)8-12-25-20(27)19-17(9-13-29-19)23-21(25)28/h4,6-7,9,13-14H,3,5,8,10-12H2,1-2H3,(H,22,26)(H,23,28). The van der Waals surface area contributed by atoms with Crippen molar-refractivity contribution in [2.75, 3.05) is 24.5 Å². The molecule has 0 aliphatic carbocycles. The molecular formula is C21H26N4O3S. The fourth-order valence-electron chi connectivity index (χ4n) is 3.27. The van der Waals surface area contributed by atoms with E-state index >= 15 is 0 Å². The molecule has 3 aromatic rings. The molecule has 0 bridgehead atoms. The number of aromatic nitrogens is 2. The Hall–Kier alpha value is -2.87. The van der Waals surface area contributed by atoms with E-state index in [2.05, 4.69) is 47.2 Å². The van der Waals surface area contributed by atoms with Gasteiger partial charge in [-0.05, 0) is 49.4 Å². The molecule has 0 radical (unpaired) electrons. The summed E-state index contributed by atoms with van der Waals surface area (Å²) >= 11 is 1.28. The largest absolute Gasteiger partial charge is 0.372 e. The van der Waals surface area contributed by atoms with E-state index in [1.165, 1.54) is 22.6 Å². The molecule has 0 atom stereocenters. The first kappa shape index (κ1) is 20.9. The van der Waals surface area contributed by atoms with Crippen molar-refractivity contribution in [2.24, 2.45) is 0 Å². The summed E-state index contributed by atoms with van der Waals surface area (Å²) in [5, 5.41) is 4.64. The molecular weight excluding hydrogens is 388 g/mol. The third-order valence-corrected chi connectivity index (χ3v) is 5.73. The van der Waals surface area contributed by atoms with Crippen molar-refractivity contribution in [1.29, 1.82) is 0 Å². The fraction of sp³-hybridized carbons (Fsp3) is 0.381. The normalized spacial score (nSPS) is 11.0. The summed E-state index contributed by atoms with van der Waals surface area (Å²) in [6, 6.07) is 10.1. The molecule has 0 spiro atoms. The maximum absolute atomic E-state index is 12.4. The van der Waals surface area contributed by atoms with E-state index in [0.717, 1.165) is 24.1 Å². The highest BCUT2D eigenvalue weighted by atomic mass is 32.1. The van der Waals surface area contributed by atoms with Gasteiger partial charge in [0.15, 0.2) is 0 Å². The molecule has 1 aromatic carbocycles. The minimum Gasteiger partial charge on any atom is -0.372 e. The van der Waals surface area contributed by atoms with Crippen LogP contribution in [0.4, 0.5) is 5.69 Å². The summed E-state index contributed by atoms with van der Waals surface area (Å²) in [6.45, 7) is 6.54. The van der Waals surface area contributed by atoms with Gasteiger partial charge in [-0.15, -0.1) is 11.3 Å². The Morgan fingerprint density at radius 2 is 2.10 bits per heavy atom. The minimum atomic E-state index is -0.481. The molecule has 3 rings (SSSR count). The van der Waals surface area contributed by atoms with Gasteiger partial charge in [-0.3, -0.25) is 14.2 Å². The number of H-pyrrole nitrogens is 1.